The molecule has 3 N–H and O–H groups in total. The van der Waals surface area contributed by atoms with Crippen molar-refractivity contribution in [1.29, 1.82) is 0 Å². The number of benzene rings is 2. The van der Waals surface area contributed by atoms with Gasteiger partial charge in [0.05, 0.1) is 0 Å². The number of carbonyl (C=O) groups is 1. The van der Waals surface area contributed by atoms with Gasteiger partial charge in [-0.1, -0.05) is 48.0 Å². The number of rotatable bonds is 5. The average molecular weight is 319 g/mol. The third kappa shape index (κ3) is 2.98. The van der Waals surface area contributed by atoms with Crippen molar-refractivity contribution in [2.75, 3.05) is 0 Å². The summed E-state index contributed by atoms with van der Waals surface area (Å²) in [6.45, 7) is 0. The molecular formula is C17H16ClFN2O. The first-order valence-corrected chi connectivity index (χ1v) is 7.54. The number of nitrogens with two attached hydrogens (primary N) is 1. The molecule has 1 unspecified atom stereocenters. The second-order valence-electron chi connectivity index (χ2n) is 5.46. The molecule has 2 aromatic rings. The fourth-order valence-corrected chi connectivity index (χ4v) is 2.71. The van der Waals surface area contributed by atoms with Crippen LogP contribution < -0.4 is 11.1 Å². The first-order valence-electron chi connectivity index (χ1n) is 7.16. The Morgan fingerprint density at radius 2 is 1.86 bits per heavy atom. The first-order chi connectivity index (χ1) is 10.6. The summed E-state index contributed by atoms with van der Waals surface area (Å²) in [7, 11) is 0. The van der Waals surface area contributed by atoms with Crippen LogP contribution in [0.2, 0.25) is 5.02 Å². The Labute approximate surface area is 133 Å². The number of amides is 1. The number of hydrogen-bond acceptors (Lipinski definition) is 2. The predicted octanol–water partition coefficient (Wildman–Crippen LogP) is 3.42. The molecule has 1 atom stereocenters. The molecule has 3 rings (SSSR count). The standard InChI is InChI=1S/C17H16ClFN2O/c18-14-7-2-1-4-11(14)12-5-3-6-13(15(12)19)16(17(20)22)21-10-8-9-10/h1-7,10,16,21H,8-9H2,(H2,20,22). The second kappa shape index (κ2) is 6.07. The zero-order valence-electron chi connectivity index (χ0n) is 11.9. The normalized spacial score (nSPS) is 15.5. The highest BCUT2D eigenvalue weighted by Gasteiger charge is 2.30. The van der Waals surface area contributed by atoms with Crippen molar-refractivity contribution in [3.63, 3.8) is 0 Å². The minimum Gasteiger partial charge on any atom is -0.368 e. The topological polar surface area (TPSA) is 55.1 Å². The van der Waals surface area contributed by atoms with E-state index in [0.717, 1.165) is 12.8 Å². The van der Waals surface area contributed by atoms with E-state index < -0.39 is 17.8 Å². The van der Waals surface area contributed by atoms with E-state index >= 15 is 0 Å². The zero-order valence-corrected chi connectivity index (χ0v) is 12.6. The number of primary amides is 1. The minimum atomic E-state index is -0.824. The van der Waals surface area contributed by atoms with E-state index in [1.165, 1.54) is 0 Å². The van der Waals surface area contributed by atoms with E-state index in [1.54, 1.807) is 42.5 Å². The van der Waals surface area contributed by atoms with E-state index in [1.807, 2.05) is 0 Å². The smallest absolute Gasteiger partial charge is 0.239 e. The van der Waals surface area contributed by atoms with E-state index in [-0.39, 0.29) is 11.6 Å². The van der Waals surface area contributed by atoms with Crippen LogP contribution >= 0.6 is 11.6 Å². The second-order valence-corrected chi connectivity index (χ2v) is 5.87. The molecular weight excluding hydrogens is 303 g/mol. The van der Waals surface area contributed by atoms with Gasteiger partial charge < -0.3 is 5.73 Å². The lowest BCUT2D eigenvalue weighted by Crippen LogP contribution is -2.35. The van der Waals surface area contributed by atoms with Crippen LogP contribution in [0.5, 0.6) is 0 Å². The van der Waals surface area contributed by atoms with Crippen LogP contribution in [0, 0.1) is 5.82 Å². The van der Waals surface area contributed by atoms with Crippen molar-refractivity contribution in [2.24, 2.45) is 5.73 Å². The Bertz CT molecular complexity index is 716. The van der Waals surface area contributed by atoms with Crippen LogP contribution in [0.3, 0.4) is 0 Å². The quantitative estimate of drug-likeness (QED) is 0.887. The monoisotopic (exact) mass is 318 g/mol. The molecule has 1 saturated carbocycles. The van der Waals surface area contributed by atoms with Gasteiger partial charge in [0, 0.05) is 27.8 Å². The lowest BCUT2D eigenvalue weighted by Gasteiger charge is -2.18. The summed E-state index contributed by atoms with van der Waals surface area (Å²) in [5, 5.41) is 3.56. The van der Waals surface area contributed by atoms with Gasteiger partial charge >= 0.3 is 0 Å². The highest BCUT2D eigenvalue weighted by molar-refractivity contribution is 6.33. The molecule has 3 nitrogen and oxygen atoms in total. The minimum absolute atomic E-state index is 0.237. The Hall–Kier alpha value is -1.91. The number of hydrogen-bond donors (Lipinski definition) is 2. The van der Waals surface area contributed by atoms with Gasteiger partial charge in [-0.3, -0.25) is 10.1 Å². The molecule has 1 fully saturated rings. The molecule has 5 heteroatoms. The van der Waals surface area contributed by atoms with Gasteiger partial charge in [-0.25, -0.2) is 4.39 Å². The van der Waals surface area contributed by atoms with Crippen molar-refractivity contribution in [1.82, 2.24) is 5.32 Å². The lowest BCUT2D eigenvalue weighted by atomic mass is 9.98. The highest BCUT2D eigenvalue weighted by Crippen LogP contribution is 2.33. The fourth-order valence-electron chi connectivity index (χ4n) is 2.47. The number of halogens is 2. The summed E-state index contributed by atoms with van der Waals surface area (Å²) in [5.41, 5.74) is 6.66. The molecule has 2 aromatic carbocycles. The van der Waals surface area contributed by atoms with Crippen LogP contribution in [0.4, 0.5) is 4.39 Å². The van der Waals surface area contributed by atoms with Crippen LogP contribution in [0.25, 0.3) is 11.1 Å². The van der Waals surface area contributed by atoms with Crippen LogP contribution in [0.15, 0.2) is 42.5 Å². The Balaban J connectivity index is 2.04. The summed E-state index contributed by atoms with van der Waals surface area (Å²) in [6.07, 6.45) is 1.96. The fraction of sp³-hybridized carbons (Fsp3) is 0.235. The maximum atomic E-state index is 14.9. The summed E-state index contributed by atoms with van der Waals surface area (Å²) in [4.78, 5) is 11.7. The highest BCUT2D eigenvalue weighted by atomic mass is 35.5. The summed E-state index contributed by atoms with van der Waals surface area (Å²) >= 11 is 6.15. The molecule has 0 spiro atoms. The van der Waals surface area contributed by atoms with Gasteiger partial charge in [0.15, 0.2) is 0 Å². The largest absolute Gasteiger partial charge is 0.368 e. The molecule has 0 aliphatic heterocycles. The van der Waals surface area contributed by atoms with E-state index in [2.05, 4.69) is 5.32 Å². The van der Waals surface area contributed by atoms with Crippen LogP contribution in [-0.4, -0.2) is 11.9 Å². The van der Waals surface area contributed by atoms with E-state index in [0.29, 0.717) is 16.1 Å². The van der Waals surface area contributed by atoms with Crippen LogP contribution in [0.1, 0.15) is 24.4 Å². The van der Waals surface area contributed by atoms with Crippen molar-refractivity contribution in [3.05, 3.63) is 58.9 Å². The Morgan fingerprint density at radius 1 is 1.18 bits per heavy atom. The molecule has 1 aliphatic carbocycles. The first kappa shape index (κ1) is 15.0. The average Bonchev–Trinajstić information content (AvgIpc) is 3.30. The molecule has 0 aromatic heterocycles. The zero-order chi connectivity index (χ0) is 15.7. The molecule has 1 amide bonds. The van der Waals surface area contributed by atoms with Crippen molar-refractivity contribution < 1.29 is 9.18 Å². The van der Waals surface area contributed by atoms with Gasteiger partial charge in [-0.05, 0) is 18.9 Å². The van der Waals surface area contributed by atoms with Crippen molar-refractivity contribution in [3.8, 4) is 11.1 Å². The summed E-state index contributed by atoms with van der Waals surface area (Å²) in [6, 6.07) is 11.4. The molecule has 114 valence electrons. The molecule has 0 saturated heterocycles. The predicted molar refractivity (Wildman–Crippen MR) is 84.9 cm³/mol. The molecule has 1 aliphatic rings. The SMILES string of the molecule is NC(=O)C(NC1CC1)c1cccc(-c2ccccc2Cl)c1F. The molecule has 22 heavy (non-hydrogen) atoms. The third-order valence-electron chi connectivity index (χ3n) is 3.77. The van der Waals surface area contributed by atoms with Crippen LogP contribution in [-0.2, 0) is 4.79 Å². The summed E-state index contributed by atoms with van der Waals surface area (Å²) < 4.78 is 14.9. The molecule has 0 heterocycles. The maximum Gasteiger partial charge on any atom is 0.239 e. The molecule has 0 radical (unpaired) electrons. The van der Waals surface area contributed by atoms with Gasteiger partial charge in [0.2, 0.25) is 5.91 Å². The third-order valence-corrected chi connectivity index (χ3v) is 4.10. The van der Waals surface area contributed by atoms with Gasteiger partial charge in [-0.2, -0.15) is 0 Å². The van der Waals surface area contributed by atoms with E-state index in [9.17, 15) is 9.18 Å². The van der Waals surface area contributed by atoms with Crippen molar-refractivity contribution in [2.45, 2.75) is 24.9 Å². The van der Waals surface area contributed by atoms with Crippen molar-refractivity contribution >= 4 is 17.5 Å². The van der Waals surface area contributed by atoms with Gasteiger partial charge in [-0.15, -0.1) is 0 Å². The number of nitrogens with one attached hydrogen (secondary N) is 1. The van der Waals surface area contributed by atoms with Gasteiger partial charge in [0.1, 0.15) is 11.9 Å². The molecule has 0 bridgehead atoms. The maximum absolute atomic E-state index is 14.9. The Kier molecular flexibility index (Phi) is 4.14. The number of carbonyl (C=O) groups excluding carboxylic acids is 1. The summed E-state index contributed by atoms with van der Waals surface area (Å²) in [5.74, 6) is -1.05. The Morgan fingerprint density at radius 3 is 2.50 bits per heavy atom. The van der Waals surface area contributed by atoms with E-state index in [4.69, 9.17) is 17.3 Å². The van der Waals surface area contributed by atoms with Gasteiger partial charge in [0.25, 0.3) is 0 Å². The lowest BCUT2D eigenvalue weighted by molar-refractivity contribution is -0.120.